The van der Waals surface area contributed by atoms with E-state index < -0.39 is 36.1 Å². The Kier molecular flexibility index (Phi) is 8.76. The van der Waals surface area contributed by atoms with E-state index >= 15 is 0 Å². The van der Waals surface area contributed by atoms with Gasteiger partial charge in [0.2, 0.25) is 11.8 Å². The topological polar surface area (TPSA) is 188 Å². The Labute approximate surface area is 212 Å². The summed E-state index contributed by atoms with van der Waals surface area (Å²) in [5.74, 6) is -3.14. The van der Waals surface area contributed by atoms with Crippen LogP contribution in [0.2, 0.25) is 0 Å². The molecule has 0 saturated heterocycles. The third-order valence-corrected chi connectivity index (χ3v) is 5.43. The van der Waals surface area contributed by atoms with Crippen molar-refractivity contribution >= 4 is 17.7 Å². The molecular formula is C26H27N3O8. The number of nitrogens with one attached hydrogen (secondary N) is 3. The number of hydrogen-bond donors (Lipinski definition) is 8. The number of phenols is 5. The average molecular weight is 510 g/mol. The highest BCUT2D eigenvalue weighted by molar-refractivity contribution is 5.97. The molecule has 0 fully saturated rings. The second-order valence-corrected chi connectivity index (χ2v) is 8.24. The maximum absolute atomic E-state index is 12.9. The second-order valence-electron chi connectivity index (χ2n) is 8.24. The lowest BCUT2D eigenvalue weighted by molar-refractivity contribution is -0.128. The average Bonchev–Trinajstić information content (AvgIpc) is 2.87. The predicted molar refractivity (Wildman–Crippen MR) is 132 cm³/mol. The Balaban J connectivity index is 1.60. The lowest BCUT2D eigenvalue weighted by Gasteiger charge is -2.19. The molecular weight excluding hydrogens is 482 g/mol. The molecule has 0 saturated carbocycles. The first-order chi connectivity index (χ1) is 17.6. The van der Waals surface area contributed by atoms with Crippen molar-refractivity contribution in [1.82, 2.24) is 16.0 Å². The minimum absolute atomic E-state index is 0.0294. The van der Waals surface area contributed by atoms with Crippen LogP contribution >= 0.6 is 0 Å². The van der Waals surface area contributed by atoms with Crippen LogP contribution in [0.15, 0.2) is 60.7 Å². The summed E-state index contributed by atoms with van der Waals surface area (Å²) in [7, 11) is 0. The molecule has 0 aromatic heterocycles. The van der Waals surface area contributed by atoms with Crippen LogP contribution in [0.4, 0.5) is 0 Å². The maximum Gasteiger partial charge on any atom is 0.251 e. The minimum atomic E-state index is -1.00. The van der Waals surface area contributed by atoms with Crippen molar-refractivity contribution < 1.29 is 39.9 Å². The van der Waals surface area contributed by atoms with Crippen LogP contribution in [-0.2, 0) is 22.4 Å². The smallest absolute Gasteiger partial charge is 0.251 e. The maximum atomic E-state index is 12.9. The van der Waals surface area contributed by atoms with Crippen LogP contribution in [0.25, 0.3) is 0 Å². The molecule has 0 aliphatic heterocycles. The SMILES string of the molecule is O=C(CNC(=O)c1ccc(O)c(O)c1)N[C@@H](Cc1ccc(O)cc1)C(=O)NCCc1ccc(O)c(O)c1. The Morgan fingerprint density at radius 2 is 1.32 bits per heavy atom. The van der Waals surface area contributed by atoms with E-state index in [9.17, 15) is 39.9 Å². The van der Waals surface area contributed by atoms with Crippen LogP contribution < -0.4 is 16.0 Å². The molecule has 0 heterocycles. The quantitative estimate of drug-likeness (QED) is 0.186. The number of benzene rings is 3. The van der Waals surface area contributed by atoms with Crippen molar-refractivity contribution in [2.75, 3.05) is 13.1 Å². The molecule has 11 nitrogen and oxygen atoms in total. The molecule has 194 valence electrons. The summed E-state index contributed by atoms with van der Waals surface area (Å²) < 4.78 is 0. The number of carbonyl (C=O) groups is 3. The van der Waals surface area contributed by atoms with Gasteiger partial charge in [-0.1, -0.05) is 18.2 Å². The van der Waals surface area contributed by atoms with Gasteiger partial charge >= 0.3 is 0 Å². The van der Waals surface area contributed by atoms with Crippen LogP contribution in [0.3, 0.4) is 0 Å². The minimum Gasteiger partial charge on any atom is -0.508 e. The molecule has 0 spiro atoms. The first kappa shape index (κ1) is 26.7. The van der Waals surface area contributed by atoms with Crippen molar-refractivity contribution in [3.8, 4) is 28.7 Å². The largest absolute Gasteiger partial charge is 0.508 e. The summed E-state index contributed by atoms with van der Waals surface area (Å²) in [5, 5.41) is 55.1. The molecule has 3 aromatic carbocycles. The van der Waals surface area contributed by atoms with Crippen molar-refractivity contribution in [1.29, 1.82) is 0 Å². The van der Waals surface area contributed by atoms with Gasteiger partial charge in [-0.2, -0.15) is 0 Å². The summed E-state index contributed by atoms with van der Waals surface area (Å²) in [6.07, 6.45) is 0.465. The highest BCUT2D eigenvalue weighted by Gasteiger charge is 2.22. The molecule has 3 aromatic rings. The Morgan fingerprint density at radius 1 is 0.703 bits per heavy atom. The van der Waals surface area contributed by atoms with Gasteiger partial charge in [-0.25, -0.2) is 0 Å². The first-order valence-electron chi connectivity index (χ1n) is 11.3. The van der Waals surface area contributed by atoms with Crippen molar-refractivity contribution in [2.45, 2.75) is 18.9 Å². The van der Waals surface area contributed by atoms with Crippen LogP contribution in [0, 0.1) is 0 Å². The number of amides is 3. The van der Waals surface area contributed by atoms with Gasteiger partial charge in [0.25, 0.3) is 5.91 Å². The number of carbonyl (C=O) groups excluding carboxylic acids is 3. The standard InChI is InChI=1S/C26H27N3O8/c30-18-5-1-15(2-6-18)11-19(26(37)27-10-9-16-3-7-20(31)22(33)12-16)29-24(35)14-28-25(36)17-4-8-21(32)23(34)13-17/h1-8,12-13,19,30-34H,9-11,14H2,(H,27,37)(H,28,36)(H,29,35)/t19-/m0/s1. The lowest BCUT2D eigenvalue weighted by Crippen LogP contribution is -2.50. The van der Waals surface area contributed by atoms with E-state index in [0.717, 1.165) is 12.1 Å². The number of hydrogen-bond acceptors (Lipinski definition) is 8. The zero-order chi connectivity index (χ0) is 26.9. The van der Waals surface area contributed by atoms with Crippen molar-refractivity contribution in [2.24, 2.45) is 0 Å². The molecule has 37 heavy (non-hydrogen) atoms. The number of rotatable bonds is 10. The molecule has 0 unspecified atom stereocenters. The van der Waals surface area contributed by atoms with Gasteiger partial charge in [-0.15, -0.1) is 0 Å². The molecule has 8 N–H and O–H groups in total. The van der Waals surface area contributed by atoms with Gasteiger partial charge in [0, 0.05) is 18.5 Å². The summed E-state index contributed by atoms with van der Waals surface area (Å²) >= 11 is 0. The third kappa shape index (κ3) is 7.79. The summed E-state index contributed by atoms with van der Waals surface area (Å²) in [6.45, 7) is -0.265. The normalized spacial score (nSPS) is 11.4. The zero-order valence-corrected chi connectivity index (χ0v) is 19.6. The van der Waals surface area contributed by atoms with E-state index in [1.165, 1.54) is 30.3 Å². The van der Waals surface area contributed by atoms with Gasteiger partial charge in [0.1, 0.15) is 11.8 Å². The van der Waals surface area contributed by atoms with Crippen LogP contribution in [-0.4, -0.2) is 62.4 Å². The van der Waals surface area contributed by atoms with E-state index in [1.807, 2.05) is 0 Å². The molecule has 3 amide bonds. The van der Waals surface area contributed by atoms with Gasteiger partial charge in [0.15, 0.2) is 23.0 Å². The highest BCUT2D eigenvalue weighted by atomic mass is 16.3. The molecule has 0 aliphatic rings. The lowest BCUT2D eigenvalue weighted by atomic mass is 10.0. The van der Waals surface area contributed by atoms with Crippen LogP contribution in [0.5, 0.6) is 28.7 Å². The van der Waals surface area contributed by atoms with E-state index in [2.05, 4.69) is 16.0 Å². The molecule has 1 atom stereocenters. The molecule has 3 rings (SSSR count). The highest BCUT2D eigenvalue weighted by Crippen LogP contribution is 2.25. The number of phenolic OH excluding ortho intramolecular Hbond substituents is 5. The van der Waals surface area contributed by atoms with Crippen LogP contribution in [0.1, 0.15) is 21.5 Å². The fourth-order valence-electron chi connectivity index (χ4n) is 3.43. The summed E-state index contributed by atoms with van der Waals surface area (Å²) in [4.78, 5) is 37.7. The van der Waals surface area contributed by atoms with Gasteiger partial charge in [-0.3, -0.25) is 14.4 Å². The Hall–Kier alpha value is -4.93. The Bertz CT molecular complexity index is 1280. The third-order valence-electron chi connectivity index (χ3n) is 5.43. The second kappa shape index (κ2) is 12.2. The molecule has 0 radical (unpaired) electrons. The monoisotopic (exact) mass is 509 g/mol. The van der Waals surface area contributed by atoms with Gasteiger partial charge in [-0.05, 0) is 60.0 Å². The van der Waals surface area contributed by atoms with Gasteiger partial charge in [0.05, 0.1) is 6.54 Å². The van der Waals surface area contributed by atoms with Crippen molar-refractivity contribution in [3.63, 3.8) is 0 Å². The fraction of sp³-hybridized carbons (Fsp3) is 0.192. The first-order valence-corrected chi connectivity index (χ1v) is 11.3. The van der Waals surface area contributed by atoms with E-state index in [-0.39, 0.29) is 41.5 Å². The van der Waals surface area contributed by atoms with E-state index in [1.54, 1.807) is 18.2 Å². The zero-order valence-electron chi connectivity index (χ0n) is 19.6. The Morgan fingerprint density at radius 3 is 1.97 bits per heavy atom. The molecule has 0 aliphatic carbocycles. The van der Waals surface area contributed by atoms with E-state index in [0.29, 0.717) is 17.5 Å². The van der Waals surface area contributed by atoms with Crippen molar-refractivity contribution in [3.05, 3.63) is 77.4 Å². The summed E-state index contributed by atoms with van der Waals surface area (Å²) in [6, 6.07) is 12.9. The molecule has 11 heteroatoms. The number of aromatic hydroxyl groups is 5. The summed E-state index contributed by atoms with van der Waals surface area (Å²) in [5.41, 5.74) is 1.38. The molecule has 0 bridgehead atoms. The van der Waals surface area contributed by atoms with Gasteiger partial charge < -0.3 is 41.5 Å². The predicted octanol–water partition coefficient (Wildman–Crippen LogP) is 1.03. The van der Waals surface area contributed by atoms with E-state index in [4.69, 9.17) is 0 Å². The fourth-order valence-corrected chi connectivity index (χ4v) is 3.43.